The van der Waals surface area contributed by atoms with Gasteiger partial charge in [0.05, 0.1) is 17.9 Å². The summed E-state index contributed by atoms with van der Waals surface area (Å²) in [6.07, 6.45) is 8.49. The molecule has 0 aliphatic heterocycles. The lowest BCUT2D eigenvalue weighted by atomic mass is 9.94. The van der Waals surface area contributed by atoms with Gasteiger partial charge < -0.3 is 15.0 Å². The molecule has 0 heterocycles. The second-order valence-electron chi connectivity index (χ2n) is 7.06. The maximum Gasteiger partial charge on any atom is 0.340 e. The number of hydrogen-bond acceptors (Lipinski definition) is 5. The van der Waals surface area contributed by atoms with Crippen LogP contribution in [0.5, 0.6) is 0 Å². The topological polar surface area (TPSA) is 82.4 Å². The summed E-state index contributed by atoms with van der Waals surface area (Å²) >= 11 is 0. The molecular formula is C22H29N3O3. The number of likely N-dealkylation sites (N-methyl/N-ethyl adjacent to an activating group) is 1. The van der Waals surface area contributed by atoms with Gasteiger partial charge in [0.25, 0.3) is 5.91 Å². The lowest BCUT2D eigenvalue weighted by Gasteiger charge is -2.31. The van der Waals surface area contributed by atoms with Gasteiger partial charge in [0, 0.05) is 19.3 Å². The van der Waals surface area contributed by atoms with E-state index in [9.17, 15) is 14.9 Å². The first-order valence-corrected chi connectivity index (χ1v) is 9.98. The Hall–Kier alpha value is -2.81. The molecule has 1 aliphatic rings. The molecule has 150 valence electrons. The second-order valence-corrected chi connectivity index (χ2v) is 7.06. The highest BCUT2D eigenvalue weighted by molar-refractivity contribution is 5.99. The van der Waals surface area contributed by atoms with Crippen molar-refractivity contribution in [1.29, 1.82) is 5.26 Å². The number of hydrogen-bond donors (Lipinski definition) is 1. The number of anilines is 1. The Morgan fingerprint density at radius 1 is 1.29 bits per heavy atom. The Bertz CT molecular complexity index is 746. The van der Waals surface area contributed by atoms with E-state index in [1.54, 1.807) is 36.2 Å². The van der Waals surface area contributed by atoms with Crippen LogP contribution >= 0.6 is 0 Å². The van der Waals surface area contributed by atoms with E-state index in [2.05, 4.69) is 5.32 Å². The number of unbranched alkanes of at least 4 members (excludes halogenated alkanes) is 1. The number of carbonyl (C=O) groups is 2. The van der Waals surface area contributed by atoms with Crippen molar-refractivity contribution in [1.82, 2.24) is 4.90 Å². The van der Waals surface area contributed by atoms with Crippen LogP contribution in [-0.4, -0.2) is 36.5 Å². The average molecular weight is 383 g/mol. The fourth-order valence-electron chi connectivity index (χ4n) is 3.29. The monoisotopic (exact) mass is 383 g/mol. The number of nitriles is 1. The van der Waals surface area contributed by atoms with E-state index in [0.717, 1.165) is 38.5 Å². The molecule has 0 bridgehead atoms. The molecular weight excluding hydrogens is 354 g/mol. The predicted molar refractivity (Wildman–Crippen MR) is 109 cm³/mol. The van der Waals surface area contributed by atoms with Crippen molar-refractivity contribution in [2.45, 2.75) is 57.9 Å². The van der Waals surface area contributed by atoms with E-state index in [4.69, 9.17) is 4.74 Å². The van der Waals surface area contributed by atoms with Gasteiger partial charge in [-0.3, -0.25) is 4.79 Å². The lowest BCUT2D eigenvalue weighted by molar-refractivity contribution is -0.128. The molecule has 0 atom stereocenters. The summed E-state index contributed by atoms with van der Waals surface area (Å²) in [5.41, 5.74) is 0.896. The van der Waals surface area contributed by atoms with E-state index in [1.807, 2.05) is 13.0 Å². The number of carbonyl (C=O) groups excluding carboxylic acids is 2. The number of nitrogens with zero attached hydrogens (tertiary/aromatic N) is 2. The van der Waals surface area contributed by atoms with Gasteiger partial charge in [0.2, 0.25) is 0 Å². The Morgan fingerprint density at radius 3 is 2.68 bits per heavy atom. The molecule has 0 spiro atoms. The molecule has 1 aromatic carbocycles. The van der Waals surface area contributed by atoms with E-state index in [0.29, 0.717) is 17.9 Å². The molecule has 1 N–H and O–H groups in total. The van der Waals surface area contributed by atoms with Crippen molar-refractivity contribution in [2.75, 3.05) is 19.0 Å². The van der Waals surface area contributed by atoms with E-state index >= 15 is 0 Å². The fraction of sp³-hybridized carbons (Fsp3) is 0.500. The largest absolute Gasteiger partial charge is 0.462 e. The van der Waals surface area contributed by atoms with Crippen molar-refractivity contribution < 1.29 is 14.3 Å². The molecule has 0 unspecified atom stereocenters. The molecule has 0 radical (unpaired) electrons. The van der Waals surface area contributed by atoms with Crippen LogP contribution in [0.25, 0.3) is 0 Å². The molecule has 28 heavy (non-hydrogen) atoms. The normalized spacial score (nSPS) is 14.8. The van der Waals surface area contributed by atoms with Crippen LogP contribution in [0.15, 0.2) is 36.0 Å². The molecule has 1 aromatic rings. The predicted octanol–water partition coefficient (Wildman–Crippen LogP) is 4.25. The third-order valence-corrected chi connectivity index (χ3v) is 5.04. The van der Waals surface area contributed by atoms with Gasteiger partial charge >= 0.3 is 5.97 Å². The minimum Gasteiger partial charge on any atom is -0.462 e. The molecule has 2 rings (SSSR count). The third-order valence-electron chi connectivity index (χ3n) is 5.04. The number of rotatable bonds is 8. The molecule has 1 aliphatic carbocycles. The van der Waals surface area contributed by atoms with E-state index < -0.39 is 5.97 Å². The van der Waals surface area contributed by atoms with E-state index in [1.165, 1.54) is 12.6 Å². The number of amides is 1. The summed E-state index contributed by atoms with van der Waals surface area (Å²) in [7, 11) is 1.75. The van der Waals surface area contributed by atoms with Crippen LogP contribution in [0.3, 0.4) is 0 Å². The molecule has 1 amide bonds. The molecule has 1 saturated carbocycles. The van der Waals surface area contributed by atoms with Crippen molar-refractivity contribution in [3.8, 4) is 6.07 Å². The van der Waals surface area contributed by atoms with Gasteiger partial charge in [-0.15, -0.1) is 0 Å². The summed E-state index contributed by atoms with van der Waals surface area (Å²) in [6, 6.07) is 9.06. The van der Waals surface area contributed by atoms with Gasteiger partial charge in [-0.05, 0) is 31.4 Å². The van der Waals surface area contributed by atoms with Crippen molar-refractivity contribution >= 4 is 17.6 Å². The summed E-state index contributed by atoms with van der Waals surface area (Å²) in [4.78, 5) is 26.6. The zero-order valence-corrected chi connectivity index (χ0v) is 16.7. The zero-order chi connectivity index (χ0) is 20.4. The van der Waals surface area contributed by atoms with Gasteiger partial charge in [-0.1, -0.05) is 44.7 Å². The van der Waals surface area contributed by atoms with Crippen LogP contribution in [0.4, 0.5) is 5.69 Å². The Kier molecular flexibility index (Phi) is 8.54. The van der Waals surface area contributed by atoms with Gasteiger partial charge in [0.1, 0.15) is 11.6 Å². The van der Waals surface area contributed by atoms with Crippen LogP contribution in [-0.2, 0) is 9.53 Å². The summed E-state index contributed by atoms with van der Waals surface area (Å²) in [6.45, 7) is 2.40. The smallest absolute Gasteiger partial charge is 0.340 e. The van der Waals surface area contributed by atoms with Gasteiger partial charge in [-0.25, -0.2) is 4.79 Å². The highest BCUT2D eigenvalue weighted by Gasteiger charge is 2.24. The molecule has 0 aromatic heterocycles. The van der Waals surface area contributed by atoms with Crippen molar-refractivity contribution in [3.05, 3.63) is 41.6 Å². The minimum absolute atomic E-state index is 0.0160. The molecule has 6 heteroatoms. The van der Waals surface area contributed by atoms with Crippen LogP contribution in [0, 0.1) is 11.3 Å². The van der Waals surface area contributed by atoms with Gasteiger partial charge in [0.15, 0.2) is 0 Å². The first kappa shape index (κ1) is 21.5. The first-order chi connectivity index (χ1) is 13.6. The number of benzene rings is 1. The number of esters is 1. The number of nitrogens with one attached hydrogen (secondary N) is 1. The molecule has 0 saturated heterocycles. The van der Waals surface area contributed by atoms with Crippen molar-refractivity contribution in [3.63, 3.8) is 0 Å². The Morgan fingerprint density at radius 2 is 2.00 bits per heavy atom. The Balaban J connectivity index is 2.09. The van der Waals surface area contributed by atoms with Crippen LogP contribution < -0.4 is 5.32 Å². The Labute approximate surface area is 167 Å². The third kappa shape index (κ3) is 5.85. The first-order valence-electron chi connectivity index (χ1n) is 9.98. The van der Waals surface area contributed by atoms with Crippen LogP contribution in [0.2, 0.25) is 0 Å². The minimum atomic E-state index is -0.422. The quantitative estimate of drug-likeness (QED) is 0.314. The average Bonchev–Trinajstić information content (AvgIpc) is 2.74. The van der Waals surface area contributed by atoms with E-state index in [-0.39, 0.29) is 17.5 Å². The summed E-state index contributed by atoms with van der Waals surface area (Å²) in [5.74, 6) is -0.723. The van der Waals surface area contributed by atoms with Gasteiger partial charge in [-0.2, -0.15) is 5.26 Å². The second kappa shape index (κ2) is 11.1. The van der Waals surface area contributed by atoms with Crippen molar-refractivity contribution in [2.24, 2.45) is 0 Å². The SMILES string of the molecule is CCCCOC(=O)c1ccccc1N/C=C(/C#N)C(=O)N(C)C1CCCCC1. The number of ether oxygens (including phenoxy) is 1. The lowest BCUT2D eigenvalue weighted by Crippen LogP contribution is -2.39. The zero-order valence-electron chi connectivity index (χ0n) is 16.7. The summed E-state index contributed by atoms with van der Waals surface area (Å²) < 4.78 is 5.27. The maximum absolute atomic E-state index is 12.7. The number of para-hydroxylation sites is 1. The summed E-state index contributed by atoms with van der Waals surface area (Å²) in [5, 5.41) is 12.4. The van der Waals surface area contributed by atoms with Crippen LogP contribution in [0.1, 0.15) is 62.2 Å². The standard InChI is InChI=1S/C22H29N3O3/c1-3-4-14-28-22(27)19-12-8-9-13-20(19)24-16-17(15-23)21(26)25(2)18-10-6-5-7-11-18/h8-9,12-13,16,18,24H,3-7,10-11,14H2,1-2H3/b17-16-. The fourth-order valence-corrected chi connectivity index (χ4v) is 3.29. The maximum atomic E-state index is 12.7. The highest BCUT2D eigenvalue weighted by Crippen LogP contribution is 2.23. The molecule has 1 fully saturated rings. The molecule has 6 nitrogen and oxygen atoms in total. The highest BCUT2D eigenvalue weighted by atomic mass is 16.5.